The standard InChI is InChI=1S/C18H20N2O5S/c1-11-7-19-17(26-11)12-4-13(18(22)23-3)6-14(5-12)24-9-15-8-20(2)16(21)10-25-15/h4-7,15H,8-10H2,1-3H3/t15-/m1/s1. The van der Waals surface area contributed by atoms with E-state index in [1.165, 1.54) is 18.4 Å². The molecule has 0 spiro atoms. The lowest BCUT2D eigenvalue weighted by molar-refractivity contribution is -0.148. The van der Waals surface area contributed by atoms with Crippen molar-refractivity contribution < 1.29 is 23.8 Å². The van der Waals surface area contributed by atoms with Crippen LogP contribution in [-0.2, 0) is 14.3 Å². The van der Waals surface area contributed by atoms with E-state index in [4.69, 9.17) is 14.2 Å². The second kappa shape index (κ2) is 7.84. The van der Waals surface area contributed by atoms with Gasteiger partial charge in [-0.05, 0) is 25.1 Å². The molecular weight excluding hydrogens is 356 g/mol. The van der Waals surface area contributed by atoms with Crippen LogP contribution in [0.15, 0.2) is 24.4 Å². The molecule has 0 saturated carbocycles. The molecule has 1 saturated heterocycles. The number of rotatable bonds is 5. The van der Waals surface area contributed by atoms with Crippen LogP contribution in [0.4, 0.5) is 0 Å². The van der Waals surface area contributed by atoms with Gasteiger partial charge in [0.2, 0.25) is 5.91 Å². The maximum absolute atomic E-state index is 12.0. The molecule has 2 aromatic rings. The zero-order chi connectivity index (χ0) is 18.7. The van der Waals surface area contributed by atoms with E-state index in [9.17, 15) is 9.59 Å². The summed E-state index contributed by atoms with van der Waals surface area (Å²) in [5.74, 6) is 0.0403. The number of ether oxygens (including phenoxy) is 3. The Bertz CT molecular complexity index is 820. The van der Waals surface area contributed by atoms with Crippen molar-refractivity contribution in [2.24, 2.45) is 0 Å². The Balaban J connectivity index is 1.79. The highest BCUT2D eigenvalue weighted by atomic mass is 32.1. The van der Waals surface area contributed by atoms with E-state index in [1.54, 1.807) is 30.3 Å². The Kier molecular flexibility index (Phi) is 5.53. The Morgan fingerprint density at radius 2 is 2.23 bits per heavy atom. The topological polar surface area (TPSA) is 78.0 Å². The minimum absolute atomic E-state index is 0.0460. The van der Waals surface area contributed by atoms with E-state index in [-0.39, 0.29) is 25.2 Å². The van der Waals surface area contributed by atoms with Crippen LogP contribution in [0, 0.1) is 6.92 Å². The molecule has 1 aliphatic rings. The number of carbonyl (C=O) groups is 2. The van der Waals surface area contributed by atoms with Crippen LogP contribution in [0.2, 0.25) is 0 Å². The Morgan fingerprint density at radius 1 is 1.42 bits per heavy atom. The summed E-state index contributed by atoms with van der Waals surface area (Å²) in [6, 6.07) is 5.20. The zero-order valence-corrected chi connectivity index (χ0v) is 15.7. The number of hydrogen-bond acceptors (Lipinski definition) is 7. The van der Waals surface area contributed by atoms with Gasteiger partial charge in [0.25, 0.3) is 0 Å². The number of amides is 1. The molecule has 0 unspecified atom stereocenters. The number of thiazole rings is 1. The lowest BCUT2D eigenvalue weighted by Crippen LogP contribution is -2.46. The molecule has 26 heavy (non-hydrogen) atoms. The first kappa shape index (κ1) is 18.3. The van der Waals surface area contributed by atoms with Crippen molar-refractivity contribution in [3.63, 3.8) is 0 Å². The van der Waals surface area contributed by atoms with Crippen molar-refractivity contribution in [3.05, 3.63) is 34.8 Å². The SMILES string of the molecule is COC(=O)c1cc(OC[C@H]2CN(C)C(=O)CO2)cc(-c2ncc(C)s2)c1. The normalized spacial score (nSPS) is 17.3. The van der Waals surface area contributed by atoms with Gasteiger partial charge >= 0.3 is 5.97 Å². The third-order valence-corrected chi connectivity index (χ3v) is 4.94. The first-order valence-electron chi connectivity index (χ1n) is 8.11. The summed E-state index contributed by atoms with van der Waals surface area (Å²) in [6.07, 6.45) is 1.57. The van der Waals surface area contributed by atoms with E-state index in [2.05, 4.69) is 4.98 Å². The summed E-state index contributed by atoms with van der Waals surface area (Å²) in [5.41, 5.74) is 1.18. The fourth-order valence-electron chi connectivity index (χ4n) is 2.58. The van der Waals surface area contributed by atoms with Crippen molar-refractivity contribution >= 4 is 23.2 Å². The summed E-state index contributed by atoms with van der Waals surface area (Å²) in [7, 11) is 3.07. The number of nitrogens with zero attached hydrogens (tertiary/aromatic N) is 2. The van der Waals surface area contributed by atoms with Crippen molar-refractivity contribution in [1.29, 1.82) is 0 Å². The predicted octanol–water partition coefficient (Wildman–Crippen LogP) is 2.14. The average molecular weight is 376 g/mol. The Hall–Kier alpha value is -2.45. The third kappa shape index (κ3) is 4.20. The minimum atomic E-state index is -0.441. The van der Waals surface area contributed by atoms with Crippen LogP contribution in [-0.4, -0.2) is 61.8 Å². The van der Waals surface area contributed by atoms with Crippen LogP contribution < -0.4 is 4.74 Å². The van der Waals surface area contributed by atoms with Crippen molar-refractivity contribution in [2.75, 3.05) is 33.9 Å². The van der Waals surface area contributed by atoms with E-state index in [0.29, 0.717) is 17.9 Å². The number of aryl methyl sites for hydroxylation is 1. The zero-order valence-electron chi connectivity index (χ0n) is 14.9. The van der Waals surface area contributed by atoms with Gasteiger partial charge in [-0.2, -0.15) is 0 Å². The number of carbonyl (C=O) groups excluding carboxylic acids is 2. The molecule has 2 heterocycles. The Morgan fingerprint density at radius 3 is 2.88 bits per heavy atom. The maximum atomic E-state index is 12.0. The summed E-state index contributed by atoms with van der Waals surface area (Å²) < 4.78 is 16.1. The number of aromatic nitrogens is 1. The van der Waals surface area contributed by atoms with Crippen LogP contribution in [0.3, 0.4) is 0 Å². The fourth-order valence-corrected chi connectivity index (χ4v) is 3.33. The second-order valence-electron chi connectivity index (χ2n) is 6.03. The molecule has 0 radical (unpaired) electrons. The summed E-state index contributed by atoms with van der Waals surface area (Å²) in [4.78, 5) is 30.5. The largest absolute Gasteiger partial charge is 0.491 e. The maximum Gasteiger partial charge on any atom is 0.338 e. The molecule has 3 rings (SSSR count). The summed E-state index contributed by atoms with van der Waals surface area (Å²) in [5, 5.41) is 0.803. The smallest absolute Gasteiger partial charge is 0.338 e. The first-order valence-corrected chi connectivity index (χ1v) is 8.92. The van der Waals surface area contributed by atoms with Gasteiger partial charge in [-0.25, -0.2) is 9.78 Å². The molecule has 8 heteroatoms. The van der Waals surface area contributed by atoms with E-state index >= 15 is 0 Å². The van der Waals surface area contributed by atoms with Crippen LogP contribution in [0.25, 0.3) is 10.6 Å². The predicted molar refractivity (Wildman–Crippen MR) is 96.5 cm³/mol. The van der Waals surface area contributed by atoms with Gasteiger partial charge in [-0.3, -0.25) is 4.79 Å². The summed E-state index contributed by atoms with van der Waals surface area (Å²) >= 11 is 1.54. The molecule has 1 aliphatic heterocycles. The highest BCUT2D eigenvalue weighted by Gasteiger charge is 2.24. The fraction of sp³-hybridized carbons (Fsp3) is 0.389. The number of likely N-dealkylation sites (N-methyl/N-ethyl adjacent to an activating group) is 1. The van der Waals surface area contributed by atoms with Gasteiger partial charge in [0.15, 0.2) is 0 Å². The lowest BCUT2D eigenvalue weighted by atomic mass is 10.1. The van der Waals surface area contributed by atoms with Gasteiger partial charge in [0.05, 0.1) is 12.7 Å². The van der Waals surface area contributed by atoms with Gasteiger partial charge in [-0.15, -0.1) is 11.3 Å². The monoisotopic (exact) mass is 376 g/mol. The molecule has 0 N–H and O–H groups in total. The molecule has 1 aromatic carbocycles. The van der Waals surface area contributed by atoms with Gasteiger partial charge in [0.1, 0.15) is 30.1 Å². The molecule has 1 fully saturated rings. The van der Waals surface area contributed by atoms with Crippen molar-refractivity contribution in [1.82, 2.24) is 9.88 Å². The highest BCUT2D eigenvalue weighted by Crippen LogP contribution is 2.30. The first-order chi connectivity index (χ1) is 12.5. The minimum Gasteiger partial charge on any atom is -0.491 e. The molecular formula is C18H20N2O5S. The number of benzene rings is 1. The van der Waals surface area contributed by atoms with Gasteiger partial charge in [-0.1, -0.05) is 0 Å². The molecule has 1 aromatic heterocycles. The molecule has 7 nitrogen and oxygen atoms in total. The summed E-state index contributed by atoms with van der Waals surface area (Å²) in [6.45, 7) is 2.77. The van der Waals surface area contributed by atoms with E-state index in [0.717, 1.165) is 15.4 Å². The third-order valence-electron chi connectivity index (χ3n) is 3.98. The molecule has 1 amide bonds. The van der Waals surface area contributed by atoms with Gasteiger partial charge in [0, 0.05) is 30.2 Å². The highest BCUT2D eigenvalue weighted by molar-refractivity contribution is 7.14. The number of hydrogen-bond donors (Lipinski definition) is 0. The quantitative estimate of drug-likeness (QED) is 0.744. The average Bonchev–Trinajstić information content (AvgIpc) is 3.08. The van der Waals surface area contributed by atoms with E-state index < -0.39 is 5.97 Å². The van der Waals surface area contributed by atoms with Crippen LogP contribution in [0.1, 0.15) is 15.2 Å². The molecule has 138 valence electrons. The van der Waals surface area contributed by atoms with Crippen LogP contribution in [0.5, 0.6) is 5.75 Å². The molecule has 1 atom stereocenters. The lowest BCUT2D eigenvalue weighted by Gasteiger charge is -2.29. The number of esters is 1. The van der Waals surface area contributed by atoms with Crippen molar-refractivity contribution in [2.45, 2.75) is 13.0 Å². The molecule has 0 bridgehead atoms. The Labute approximate surface area is 155 Å². The number of methoxy groups -OCH3 is 1. The van der Waals surface area contributed by atoms with Crippen molar-refractivity contribution in [3.8, 4) is 16.3 Å². The molecule has 0 aliphatic carbocycles. The second-order valence-corrected chi connectivity index (χ2v) is 7.27. The van der Waals surface area contributed by atoms with E-state index in [1.807, 2.05) is 13.0 Å². The van der Waals surface area contributed by atoms with Gasteiger partial charge < -0.3 is 19.1 Å². The number of morpholine rings is 1. The van der Waals surface area contributed by atoms with Crippen LogP contribution >= 0.6 is 11.3 Å².